The molecule has 0 aliphatic carbocycles. The van der Waals surface area contributed by atoms with E-state index in [1.807, 2.05) is 28.0 Å². The minimum absolute atomic E-state index is 0.229. The maximum atomic E-state index is 12.5. The van der Waals surface area contributed by atoms with Crippen LogP contribution in [0.3, 0.4) is 0 Å². The summed E-state index contributed by atoms with van der Waals surface area (Å²) in [6, 6.07) is 10.2. The van der Waals surface area contributed by atoms with Crippen LogP contribution in [-0.2, 0) is 16.0 Å². The number of aryl methyl sites for hydroxylation is 1. The third-order valence-electron chi connectivity index (χ3n) is 5.51. The Morgan fingerprint density at radius 3 is 2.00 bits per heavy atom. The van der Waals surface area contributed by atoms with Gasteiger partial charge in [0.1, 0.15) is 0 Å². The summed E-state index contributed by atoms with van der Waals surface area (Å²) in [6.45, 7) is 5.41. The smallest absolute Gasteiger partial charge is 0.236 e. The zero-order valence-corrected chi connectivity index (χ0v) is 15.7. The Labute approximate surface area is 156 Å². The van der Waals surface area contributed by atoms with Crippen LogP contribution >= 0.6 is 0 Å². The summed E-state index contributed by atoms with van der Waals surface area (Å²) >= 11 is 0. The molecule has 0 N–H and O–H groups in total. The molecule has 1 aromatic rings. The van der Waals surface area contributed by atoms with Crippen LogP contribution in [-0.4, -0.2) is 72.3 Å². The lowest BCUT2D eigenvalue weighted by atomic mass is 10.1. The Bertz CT molecular complexity index is 574. The van der Waals surface area contributed by atoms with Gasteiger partial charge in [-0.15, -0.1) is 0 Å². The molecule has 2 heterocycles. The van der Waals surface area contributed by atoms with Crippen molar-refractivity contribution in [2.45, 2.75) is 38.5 Å². The molecule has 5 nitrogen and oxygen atoms in total. The van der Waals surface area contributed by atoms with Crippen LogP contribution in [0.4, 0.5) is 0 Å². The molecule has 2 fully saturated rings. The highest BCUT2D eigenvalue weighted by Gasteiger charge is 2.24. The third kappa shape index (κ3) is 5.56. The van der Waals surface area contributed by atoms with Crippen LogP contribution < -0.4 is 0 Å². The topological polar surface area (TPSA) is 43.9 Å². The predicted molar refractivity (Wildman–Crippen MR) is 103 cm³/mol. The lowest BCUT2D eigenvalue weighted by Gasteiger charge is -2.35. The molecule has 2 aliphatic rings. The van der Waals surface area contributed by atoms with Crippen molar-refractivity contribution in [2.24, 2.45) is 0 Å². The molecular formula is C21H31N3O2. The predicted octanol–water partition coefficient (Wildman–Crippen LogP) is 2.17. The van der Waals surface area contributed by atoms with E-state index in [-0.39, 0.29) is 11.8 Å². The van der Waals surface area contributed by atoms with Gasteiger partial charge in [0.05, 0.1) is 6.54 Å². The number of carbonyl (C=O) groups is 2. The van der Waals surface area contributed by atoms with Gasteiger partial charge in [-0.1, -0.05) is 43.2 Å². The summed E-state index contributed by atoms with van der Waals surface area (Å²) in [5.41, 5.74) is 1.21. The monoisotopic (exact) mass is 357 g/mol. The van der Waals surface area contributed by atoms with Gasteiger partial charge < -0.3 is 9.80 Å². The van der Waals surface area contributed by atoms with E-state index in [1.54, 1.807) is 0 Å². The highest BCUT2D eigenvalue weighted by atomic mass is 16.2. The summed E-state index contributed by atoms with van der Waals surface area (Å²) in [5, 5.41) is 0. The second-order valence-corrected chi connectivity index (χ2v) is 7.44. The SMILES string of the molecule is O=C(CCc1ccccc1)N1CCN(CC(=O)N2CCCCCC2)CC1. The number of likely N-dealkylation sites (tertiary alicyclic amines) is 1. The molecular weight excluding hydrogens is 326 g/mol. The van der Waals surface area contributed by atoms with Crippen molar-refractivity contribution in [1.29, 1.82) is 0 Å². The second kappa shape index (κ2) is 9.72. The Hall–Kier alpha value is -1.88. The van der Waals surface area contributed by atoms with Crippen molar-refractivity contribution in [1.82, 2.24) is 14.7 Å². The van der Waals surface area contributed by atoms with Gasteiger partial charge in [0.2, 0.25) is 11.8 Å². The van der Waals surface area contributed by atoms with E-state index in [9.17, 15) is 9.59 Å². The average Bonchev–Trinajstić information content (AvgIpc) is 2.97. The molecule has 3 rings (SSSR count). The van der Waals surface area contributed by atoms with E-state index in [0.717, 1.165) is 58.5 Å². The summed E-state index contributed by atoms with van der Waals surface area (Å²) in [5.74, 6) is 0.489. The third-order valence-corrected chi connectivity index (χ3v) is 5.51. The molecule has 0 atom stereocenters. The molecule has 2 aliphatic heterocycles. The number of amides is 2. The molecule has 0 saturated carbocycles. The van der Waals surface area contributed by atoms with Crippen LogP contribution in [0.25, 0.3) is 0 Å². The second-order valence-electron chi connectivity index (χ2n) is 7.44. The molecule has 0 radical (unpaired) electrons. The van der Waals surface area contributed by atoms with E-state index in [1.165, 1.54) is 18.4 Å². The average molecular weight is 357 g/mol. The fourth-order valence-corrected chi connectivity index (χ4v) is 3.82. The first-order valence-corrected chi connectivity index (χ1v) is 10.0. The van der Waals surface area contributed by atoms with E-state index >= 15 is 0 Å². The number of rotatable bonds is 5. The summed E-state index contributed by atoms with van der Waals surface area (Å²) in [4.78, 5) is 31.1. The van der Waals surface area contributed by atoms with Gasteiger partial charge in [-0.3, -0.25) is 14.5 Å². The fourth-order valence-electron chi connectivity index (χ4n) is 3.82. The standard InChI is InChI=1S/C21H31N3O2/c25-20(11-10-19-8-4-3-5-9-19)24-16-14-22(15-17-24)18-21(26)23-12-6-1-2-7-13-23/h3-5,8-9H,1-2,6-7,10-18H2. The van der Waals surface area contributed by atoms with Crippen LogP contribution in [0.5, 0.6) is 0 Å². The quantitative estimate of drug-likeness (QED) is 0.811. The van der Waals surface area contributed by atoms with E-state index in [0.29, 0.717) is 13.0 Å². The van der Waals surface area contributed by atoms with Crippen molar-refractivity contribution in [3.63, 3.8) is 0 Å². The first kappa shape index (κ1) is 18.9. The normalized spacial score (nSPS) is 19.2. The van der Waals surface area contributed by atoms with Crippen molar-refractivity contribution in [2.75, 3.05) is 45.8 Å². The Balaban J connectivity index is 1.38. The maximum absolute atomic E-state index is 12.5. The first-order valence-electron chi connectivity index (χ1n) is 10.0. The van der Waals surface area contributed by atoms with E-state index in [2.05, 4.69) is 17.0 Å². The summed E-state index contributed by atoms with van der Waals surface area (Å²) in [7, 11) is 0. The van der Waals surface area contributed by atoms with Gasteiger partial charge in [-0.2, -0.15) is 0 Å². The summed E-state index contributed by atoms with van der Waals surface area (Å²) in [6.07, 6.45) is 6.12. The van der Waals surface area contributed by atoms with Gasteiger partial charge in [-0.05, 0) is 24.8 Å². The lowest BCUT2D eigenvalue weighted by Crippen LogP contribution is -2.51. The zero-order valence-electron chi connectivity index (χ0n) is 15.7. The molecule has 2 saturated heterocycles. The van der Waals surface area contributed by atoms with Crippen molar-refractivity contribution in [3.8, 4) is 0 Å². The van der Waals surface area contributed by atoms with Crippen molar-refractivity contribution < 1.29 is 9.59 Å². The van der Waals surface area contributed by atoms with Crippen molar-refractivity contribution >= 4 is 11.8 Å². The largest absolute Gasteiger partial charge is 0.342 e. The first-order chi connectivity index (χ1) is 12.7. The van der Waals surface area contributed by atoms with E-state index < -0.39 is 0 Å². The number of benzene rings is 1. The molecule has 142 valence electrons. The minimum Gasteiger partial charge on any atom is -0.342 e. The Morgan fingerprint density at radius 1 is 0.731 bits per heavy atom. The zero-order chi connectivity index (χ0) is 18.2. The molecule has 0 unspecified atom stereocenters. The van der Waals surface area contributed by atoms with Crippen LogP contribution in [0.2, 0.25) is 0 Å². The fraction of sp³-hybridized carbons (Fsp3) is 0.619. The van der Waals surface area contributed by atoms with Gasteiger partial charge in [0, 0.05) is 45.7 Å². The number of piperazine rings is 1. The Kier molecular flexibility index (Phi) is 7.06. The highest BCUT2D eigenvalue weighted by Crippen LogP contribution is 2.12. The molecule has 5 heteroatoms. The number of hydrogen-bond acceptors (Lipinski definition) is 3. The van der Waals surface area contributed by atoms with Gasteiger partial charge in [0.25, 0.3) is 0 Å². The number of carbonyl (C=O) groups excluding carboxylic acids is 2. The maximum Gasteiger partial charge on any atom is 0.236 e. The highest BCUT2D eigenvalue weighted by molar-refractivity contribution is 5.78. The minimum atomic E-state index is 0.229. The molecule has 2 amide bonds. The molecule has 26 heavy (non-hydrogen) atoms. The molecule has 0 bridgehead atoms. The van der Waals surface area contributed by atoms with Crippen LogP contribution in [0.1, 0.15) is 37.7 Å². The van der Waals surface area contributed by atoms with Crippen LogP contribution in [0, 0.1) is 0 Å². The van der Waals surface area contributed by atoms with Gasteiger partial charge in [0.15, 0.2) is 0 Å². The lowest BCUT2D eigenvalue weighted by molar-refractivity contribution is -0.135. The molecule has 0 aromatic heterocycles. The summed E-state index contributed by atoms with van der Waals surface area (Å²) < 4.78 is 0. The van der Waals surface area contributed by atoms with Gasteiger partial charge >= 0.3 is 0 Å². The molecule has 0 spiro atoms. The number of hydrogen-bond donors (Lipinski definition) is 0. The molecule has 1 aromatic carbocycles. The Morgan fingerprint density at radius 2 is 1.35 bits per heavy atom. The number of nitrogens with zero attached hydrogens (tertiary/aromatic N) is 3. The van der Waals surface area contributed by atoms with Crippen LogP contribution in [0.15, 0.2) is 30.3 Å². The van der Waals surface area contributed by atoms with Crippen molar-refractivity contribution in [3.05, 3.63) is 35.9 Å². The van der Waals surface area contributed by atoms with E-state index in [4.69, 9.17) is 0 Å². The van der Waals surface area contributed by atoms with Gasteiger partial charge in [-0.25, -0.2) is 0 Å².